The number of ether oxygens (including phenoxy) is 2. The summed E-state index contributed by atoms with van der Waals surface area (Å²) in [6.07, 6.45) is 0. The summed E-state index contributed by atoms with van der Waals surface area (Å²) >= 11 is 1.33. The SMILES string of the molecule is CCNc1cc(SCC(=O)OCC)nc(COC)n1. The maximum absolute atomic E-state index is 11.3. The molecule has 0 unspecified atom stereocenters. The summed E-state index contributed by atoms with van der Waals surface area (Å²) in [4.78, 5) is 19.9. The second kappa shape index (κ2) is 8.71. The van der Waals surface area contributed by atoms with Crippen LogP contribution in [0.1, 0.15) is 19.7 Å². The fraction of sp³-hybridized carbons (Fsp3) is 0.583. The molecule has 0 aromatic carbocycles. The average Bonchev–Trinajstić information content (AvgIpc) is 2.37. The lowest BCUT2D eigenvalue weighted by Gasteiger charge is -2.08. The third kappa shape index (κ3) is 5.89. The third-order valence-electron chi connectivity index (χ3n) is 2.02. The van der Waals surface area contributed by atoms with Crippen LogP contribution < -0.4 is 5.32 Å². The molecule has 7 heteroatoms. The van der Waals surface area contributed by atoms with E-state index in [1.54, 1.807) is 14.0 Å². The van der Waals surface area contributed by atoms with Gasteiger partial charge in [0.05, 0.1) is 12.4 Å². The van der Waals surface area contributed by atoms with Gasteiger partial charge in [-0.1, -0.05) is 11.8 Å². The van der Waals surface area contributed by atoms with Crippen LogP contribution in [-0.2, 0) is 20.9 Å². The standard InChI is InChI=1S/C12H19N3O3S/c1-4-13-9-6-11(15-10(14-9)7-17-3)19-8-12(16)18-5-2/h6H,4-5,7-8H2,1-3H3,(H,13,14,15). The molecular weight excluding hydrogens is 266 g/mol. The van der Waals surface area contributed by atoms with Gasteiger partial charge in [-0.3, -0.25) is 4.79 Å². The van der Waals surface area contributed by atoms with Gasteiger partial charge in [-0.25, -0.2) is 9.97 Å². The van der Waals surface area contributed by atoms with E-state index in [1.165, 1.54) is 11.8 Å². The van der Waals surface area contributed by atoms with E-state index in [0.29, 0.717) is 19.0 Å². The molecule has 19 heavy (non-hydrogen) atoms. The maximum Gasteiger partial charge on any atom is 0.316 e. The van der Waals surface area contributed by atoms with E-state index >= 15 is 0 Å². The Bertz CT molecular complexity index is 391. The number of aromatic nitrogens is 2. The smallest absolute Gasteiger partial charge is 0.316 e. The van der Waals surface area contributed by atoms with Gasteiger partial charge in [0, 0.05) is 19.7 Å². The van der Waals surface area contributed by atoms with E-state index in [1.807, 2.05) is 13.0 Å². The van der Waals surface area contributed by atoms with Gasteiger partial charge in [-0.2, -0.15) is 0 Å². The summed E-state index contributed by atoms with van der Waals surface area (Å²) in [6, 6.07) is 1.81. The van der Waals surface area contributed by atoms with Crippen molar-refractivity contribution in [1.82, 2.24) is 9.97 Å². The van der Waals surface area contributed by atoms with Crippen LogP contribution in [0.4, 0.5) is 5.82 Å². The second-order valence-corrected chi connectivity index (χ2v) is 4.56. The van der Waals surface area contributed by atoms with E-state index in [2.05, 4.69) is 15.3 Å². The van der Waals surface area contributed by atoms with Gasteiger partial charge in [-0.15, -0.1) is 0 Å². The Kier molecular flexibility index (Phi) is 7.20. The number of anilines is 1. The van der Waals surface area contributed by atoms with Crippen molar-refractivity contribution in [2.24, 2.45) is 0 Å². The number of rotatable bonds is 8. The molecule has 0 aliphatic rings. The molecule has 0 aliphatic carbocycles. The molecule has 0 bridgehead atoms. The van der Waals surface area contributed by atoms with Crippen LogP contribution in [0, 0.1) is 0 Å². The molecule has 1 rings (SSSR count). The topological polar surface area (TPSA) is 73.3 Å². The van der Waals surface area contributed by atoms with Crippen molar-refractivity contribution in [1.29, 1.82) is 0 Å². The van der Waals surface area contributed by atoms with Crippen molar-refractivity contribution >= 4 is 23.5 Å². The fourth-order valence-corrected chi connectivity index (χ4v) is 2.06. The highest BCUT2D eigenvalue weighted by molar-refractivity contribution is 7.99. The molecule has 0 amide bonds. The van der Waals surface area contributed by atoms with E-state index in [4.69, 9.17) is 9.47 Å². The Morgan fingerprint density at radius 2 is 2.21 bits per heavy atom. The summed E-state index contributed by atoms with van der Waals surface area (Å²) in [6.45, 7) is 5.27. The van der Waals surface area contributed by atoms with Gasteiger partial charge in [0.1, 0.15) is 17.5 Å². The van der Waals surface area contributed by atoms with Crippen LogP contribution in [0.3, 0.4) is 0 Å². The fourth-order valence-electron chi connectivity index (χ4n) is 1.35. The number of hydrogen-bond donors (Lipinski definition) is 1. The highest BCUT2D eigenvalue weighted by Crippen LogP contribution is 2.19. The first-order chi connectivity index (χ1) is 9.19. The van der Waals surface area contributed by atoms with Crippen molar-refractivity contribution in [3.05, 3.63) is 11.9 Å². The Labute approximate surface area is 117 Å². The molecular formula is C12H19N3O3S. The molecule has 0 saturated carbocycles. The predicted octanol–water partition coefficient (Wildman–Crippen LogP) is 1.71. The predicted molar refractivity (Wildman–Crippen MR) is 74.3 cm³/mol. The van der Waals surface area contributed by atoms with Crippen molar-refractivity contribution in [3.63, 3.8) is 0 Å². The lowest BCUT2D eigenvalue weighted by atomic mass is 10.5. The molecule has 1 heterocycles. The van der Waals surface area contributed by atoms with Crippen molar-refractivity contribution in [3.8, 4) is 0 Å². The Morgan fingerprint density at radius 3 is 2.84 bits per heavy atom. The molecule has 1 aromatic heterocycles. The lowest BCUT2D eigenvalue weighted by molar-refractivity contribution is -0.139. The van der Waals surface area contributed by atoms with Crippen LogP contribution in [0.5, 0.6) is 0 Å². The largest absolute Gasteiger partial charge is 0.465 e. The monoisotopic (exact) mass is 285 g/mol. The van der Waals surface area contributed by atoms with Crippen LogP contribution in [-0.4, -0.2) is 42.0 Å². The van der Waals surface area contributed by atoms with Gasteiger partial charge < -0.3 is 14.8 Å². The molecule has 0 radical (unpaired) electrons. The zero-order valence-electron chi connectivity index (χ0n) is 11.4. The van der Waals surface area contributed by atoms with Crippen LogP contribution in [0.15, 0.2) is 11.1 Å². The van der Waals surface area contributed by atoms with E-state index in [-0.39, 0.29) is 11.7 Å². The molecule has 0 fully saturated rings. The molecule has 0 aliphatic heterocycles. The average molecular weight is 285 g/mol. The summed E-state index contributed by atoms with van der Waals surface area (Å²) in [7, 11) is 1.59. The Balaban J connectivity index is 2.72. The first-order valence-electron chi connectivity index (χ1n) is 6.08. The summed E-state index contributed by atoms with van der Waals surface area (Å²) in [5.74, 6) is 1.32. The number of carbonyl (C=O) groups is 1. The van der Waals surface area contributed by atoms with Gasteiger partial charge in [0.25, 0.3) is 0 Å². The van der Waals surface area contributed by atoms with Crippen LogP contribution >= 0.6 is 11.8 Å². The first-order valence-corrected chi connectivity index (χ1v) is 7.07. The Morgan fingerprint density at radius 1 is 1.42 bits per heavy atom. The van der Waals surface area contributed by atoms with Gasteiger partial charge in [0.2, 0.25) is 0 Å². The molecule has 0 atom stereocenters. The summed E-state index contributed by atoms with van der Waals surface area (Å²) in [5, 5.41) is 3.85. The highest BCUT2D eigenvalue weighted by atomic mass is 32.2. The van der Waals surface area contributed by atoms with Gasteiger partial charge in [-0.05, 0) is 13.8 Å². The number of methoxy groups -OCH3 is 1. The molecule has 6 nitrogen and oxygen atoms in total. The summed E-state index contributed by atoms with van der Waals surface area (Å²) in [5.41, 5.74) is 0. The van der Waals surface area contributed by atoms with E-state index in [0.717, 1.165) is 17.4 Å². The number of esters is 1. The van der Waals surface area contributed by atoms with Gasteiger partial charge >= 0.3 is 5.97 Å². The molecule has 0 saturated heterocycles. The van der Waals surface area contributed by atoms with Crippen molar-refractivity contribution < 1.29 is 14.3 Å². The zero-order chi connectivity index (χ0) is 14.1. The first kappa shape index (κ1) is 15.7. The summed E-state index contributed by atoms with van der Waals surface area (Å²) < 4.78 is 9.90. The number of carbonyl (C=O) groups excluding carboxylic acids is 1. The maximum atomic E-state index is 11.3. The minimum atomic E-state index is -0.246. The van der Waals surface area contributed by atoms with E-state index < -0.39 is 0 Å². The quantitative estimate of drug-likeness (QED) is 0.443. The number of nitrogens with one attached hydrogen (secondary N) is 1. The molecule has 0 spiro atoms. The van der Waals surface area contributed by atoms with Crippen molar-refractivity contribution in [2.45, 2.75) is 25.5 Å². The molecule has 1 aromatic rings. The second-order valence-electron chi connectivity index (χ2n) is 3.56. The minimum absolute atomic E-state index is 0.239. The number of hydrogen-bond acceptors (Lipinski definition) is 7. The number of nitrogens with zero attached hydrogens (tertiary/aromatic N) is 2. The van der Waals surface area contributed by atoms with Crippen LogP contribution in [0.25, 0.3) is 0 Å². The molecule has 106 valence electrons. The lowest BCUT2D eigenvalue weighted by Crippen LogP contribution is -2.08. The third-order valence-corrected chi connectivity index (χ3v) is 2.91. The normalized spacial score (nSPS) is 10.3. The van der Waals surface area contributed by atoms with E-state index in [9.17, 15) is 4.79 Å². The zero-order valence-corrected chi connectivity index (χ0v) is 12.2. The number of thioether (sulfide) groups is 1. The van der Waals surface area contributed by atoms with Crippen LogP contribution in [0.2, 0.25) is 0 Å². The molecule has 1 N–H and O–H groups in total. The minimum Gasteiger partial charge on any atom is -0.465 e. The highest BCUT2D eigenvalue weighted by Gasteiger charge is 2.08. The van der Waals surface area contributed by atoms with Gasteiger partial charge in [0.15, 0.2) is 5.82 Å². The van der Waals surface area contributed by atoms with Crippen molar-refractivity contribution in [2.75, 3.05) is 31.3 Å². The Hall–Kier alpha value is -1.34.